The summed E-state index contributed by atoms with van der Waals surface area (Å²) < 4.78 is 0. The summed E-state index contributed by atoms with van der Waals surface area (Å²) in [5.74, 6) is 0.431. The summed E-state index contributed by atoms with van der Waals surface area (Å²) >= 11 is 0. The van der Waals surface area contributed by atoms with Gasteiger partial charge in [-0.25, -0.2) is 0 Å². The van der Waals surface area contributed by atoms with Crippen LogP contribution in [0.3, 0.4) is 0 Å². The Morgan fingerprint density at radius 1 is 1.14 bits per heavy atom. The van der Waals surface area contributed by atoms with Gasteiger partial charge >= 0.3 is 0 Å². The van der Waals surface area contributed by atoms with Gasteiger partial charge in [0.15, 0.2) is 0 Å². The molecule has 0 spiro atoms. The van der Waals surface area contributed by atoms with Crippen molar-refractivity contribution in [3.8, 4) is 0 Å². The number of benzene rings is 2. The van der Waals surface area contributed by atoms with Crippen molar-refractivity contribution in [1.29, 1.82) is 0 Å². The number of anilines is 1. The standard InChI is InChI=1S/C18H22N2O/c1-2-20(18(21)15-10-12-19-13-11-15)17-9-5-7-14-6-3-4-8-16(14)17/h3-9,15,19H,2,10-13H2,1H3. The van der Waals surface area contributed by atoms with Gasteiger partial charge in [-0.1, -0.05) is 36.4 Å². The number of hydrogen-bond acceptors (Lipinski definition) is 2. The average molecular weight is 282 g/mol. The van der Waals surface area contributed by atoms with Crippen LogP contribution in [0.5, 0.6) is 0 Å². The van der Waals surface area contributed by atoms with Crippen molar-refractivity contribution in [3.63, 3.8) is 0 Å². The third-order valence-electron chi connectivity index (χ3n) is 4.33. The summed E-state index contributed by atoms with van der Waals surface area (Å²) in [4.78, 5) is 14.8. The number of hydrogen-bond donors (Lipinski definition) is 1. The highest BCUT2D eigenvalue weighted by Crippen LogP contribution is 2.28. The molecule has 1 aliphatic rings. The van der Waals surface area contributed by atoms with Crippen molar-refractivity contribution in [3.05, 3.63) is 42.5 Å². The SMILES string of the molecule is CCN(C(=O)C1CCNCC1)c1cccc2ccccc12. The van der Waals surface area contributed by atoms with E-state index in [0.717, 1.165) is 43.5 Å². The van der Waals surface area contributed by atoms with Crippen LogP contribution < -0.4 is 10.2 Å². The van der Waals surface area contributed by atoms with Crippen LogP contribution in [0.4, 0.5) is 5.69 Å². The molecule has 0 unspecified atom stereocenters. The molecule has 0 saturated carbocycles. The second-order valence-electron chi connectivity index (χ2n) is 5.61. The van der Waals surface area contributed by atoms with Gasteiger partial charge in [-0.2, -0.15) is 0 Å². The summed E-state index contributed by atoms with van der Waals surface area (Å²) in [6.07, 6.45) is 1.89. The first kappa shape index (κ1) is 14.1. The van der Waals surface area contributed by atoms with Crippen LogP contribution in [-0.4, -0.2) is 25.5 Å². The zero-order chi connectivity index (χ0) is 14.7. The molecule has 1 amide bonds. The van der Waals surface area contributed by atoms with Gasteiger partial charge in [0.2, 0.25) is 5.91 Å². The van der Waals surface area contributed by atoms with Gasteiger partial charge in [-0.15, -0.1) is 0 Å². The first-order valence-electron chi connectivity index (χ1n) is 7.81. The first-order chi connectivity index (χ1) is 10.3. The molecule has 0 aromatic heterocycles. The van der Waals surface area contributed by atoms with Crippen LogP contribution in [0.15, 0.2) is 42.5 Å². The van der Waals surface area contributed by atoms with Crippen molar-refractivity contribution >= 4 is 22.4 Å². The van der Waals surface area contributed by atoms with Crippen molar-refractivity contribution in [1.82, 2.24) is 5.32 Å². The number of nitrogens with zero attached hydrogens (tertiary/aromatic N) is 1. The molecule has 1 heterocycles. The third-order valence-corrected chi connectivity index (χ3v) is 4.33. The Kier molecular flexibility index (Phi) is 4.20. The average Bonchev–Trinajstić information content (AvgIpc) is 2.56. The smallest absolute Gasteiger partial charge is 0.230 e. The molecule has 0 radical (unpaired) electrons. The Balaban J connectivity index is 1.96. The van der Waals surface area contributed by atoms with E-state index in [2.05, 4.69) is 36.5 Å². The van der Waals surface area contributed by atoms with Gasteiger partial charge in [-0.3, -0.25) is 4.79 Å². The minimum absolute atomic E-state index is 0.158. The van der Waals surface area contributed by atoms with Gasteiger partial charge in [-0.05, 0) is 44.3 Å². The molecular weight excluding hydrogens is 260 g/mol. The molecule has 0 atom stereocenters. The minimum Gasteiger partial charge on any atom is -0.317 e. The molecular formula is C18H22N2O. The van der Waals surface area contributed by atoms with E-state index in [1.807, 2.05) is 23.1 Å². The maximum Gasteiger partial charge on any atom is 0.230 e. The largest absolute Gasteiger partial charge is 0.317 e. The number of amides is 1. The van der Waals surface area contributed by atoms with Gasteiger partial charge < -0.3 is 10.2 Å². The van der Waals surface area contributed by atoms with Crippen molar-refractivity contribution < 1.29 is 4.79 Å². The number of carbonyl (C=O) groups excluding carboxylic acids is 1. The summed E-state index contributed by atoms with van der Waals surface area (Å²) in [6, 6.07) is 14.5. The van der Waals surface area contributed by atoms with Gasteiger partial charge in [0, 0.05) is 17.8 Å². The van der Waals surface area contributed by atoms with E-state index in [-0.39, 0.29) is 11.8 Å². The van der Waals surface area contributed by atoms with Crippen LogP contribution in [0, 0.1) is 5.92 Å². The predicted octanol–water partition coefficient (Wildman–Crippen LogP) is 3.19. The summed E-state index contributed by atoms with van der Waals surface area (Å²) in [7, 11) is 0. The fraction of sp³-hybridized carbons (Fsp3) is 0.389. The van der Waals surface area contributed by atoms with Gasteiger partial charge in [0.05, 0.1) is 5.69 Å². The molecule has 1 aliphatic heterocycles. The van der Waals surface area contributed by atoms with E-state index in [4.69, 9.17) is 0 Å². The Morgan fingerprint density at radius 2 is 1.86 bits per heavy atom. The molecule has 3 rings (SSSR count). The normalized spacial score (nSPS) is 16.0. The Bertz CT molecular complexity index is 627. The second kappa shape index (κ2) is 6.27. The van der Waals surface area contributed by atoms with Crippen LogP contribution in [0.25, 0.3) is 10.8 Å². The number of carbonyl (C=O) groups is 1. The van der Waals surface area contributed by atoms with Crippen LogP contribution in [0.2, 0.25) is 0 Å². The molecule has 2 aromatic rings. The summed E-state index contributed by atoms with van der Waals surface area (Å²) in [5, 5.41) is 5.67. The van der Waals surface area contributed by atoms with E-state index in [1.165, 1.54) is 5.39 Å². The van der Waals surface area contributed by atoms with E-state index in [9.17, 15) is 4.79 Å². The van der Waals surface area contributed by atoms with Crippen molar-refractivity contribution in [2.45, 2.75) is 19.8 Å². The molecule has 1 N–H and O–H groups in total. The highest BCUT2D eigenvalue weighted by atomic mass is 16.2. The molecule has 3 heteroatoms. The van der Waals surface area contributed by atoms with E-state index in [0.29, 0.717) is 0 Å². The third kappa shape index (κ3) is 2.79. The lowest BCUT2D eigenvalue weighted by atomic mass is 9.96. The van der Waals surface area contributed by atoms with Crippen LogP contribution >= 0.6 is 0 Å². The predicted molar refractivity (Wildman–Crippen MR) is 87.6 cm³/mol. The second-order valence-corrected chi connectivity index (χ2v) is 5.61. The first-order valence-corrected chi connectivity index (χ1v) is 7.81. The lowest BCUT2D eigenvalue weighted by Gasteiger charge is -2.29. The zero-order valence-electron chi connectivity index (χ0n) is 12.5. The molecule has 2 aromatic carbocycles. The van der Waals surface area contributed by atoms with Crippen LogP contribution in [-0.2, 0) is 4.79 Å². The molecule has 3 nitrogen and oxygen atoms in total. The fourth-order valence-electron chi connectivity index (χ4n) is 3.18. The Morgan fingerprint density at radius 3 is 2.62 bits per heavy atom. The monoisotopic (exact) mass is 282 g/mol. The highest BCUT2D eigenvalue weighted by Gasteiger charge is 2.26. The topological polar surface area (TPSA) is 32.3 Å². The number of fused-ring (bicyclic) bond motifs is 1. The Hall–Kier alpha value is -1.87. The lowest BCUT2D eigenvalue weighted by Crippen LogP contribution is -2.41. The molecule has 0 aliphatic carbocycles. The van der Waals surface area contributed by atoms with E-state index in [1.54, 1.807) is 0 Å². The summed E-state index contributed by atoms with van der Waals surface area (Å²) in [6.45, 7) is 4.67. The van der Waals surface area contributed by atoms with Gasteiger partial charge in [0.1, 0.15) is 0 Å². The Labute approximate surface area is 125 Å². The number of nitrogens with one attached hydrogen (secondary N) is 1. The van der Waals surface area contributed by atoms with E-state index < -0.39 is 0 Å². The molecule has 110 valence electrons. The van der Waals surface area contributed by atoms with Gasteiger partial charge in [0.25, 0.3) is 0 Å². The maximum atomic E-state index is 12.9. The summed E-state index contributed by atoms with van der Waals surface area (Å²) in [5.41, 5.74) is 1.04. The molecule has 1 fully saturated rings. The minimum atomic E-state index is 0.158. The zero-order valence-corrected chi connectivity index (χ0v) is 12.5. The lowest BCUT2D eigenvalue weighted by molar-refractivity contribution is -0.123. The molecule has 0 bridgehead atoms. The number of piperidine rings is 1. The van der Waals surface area contributed by atoms with Crippen molar-refractivity contribution in [2.24, 2.45) is 5.92 Å². The van der Waals surface area contributed by atoms with Crippen molar-refractivity contribution in [2.75, 3.05) is 24.5 Å². The molecule has 21 heavy (non-hydrogen) atoms. The molecule has 1 saturated heterocycles. The number of rotatable bonds is 3. The fourth-order valence-corrected chi connectivity index (χ4v) is 3.18. The highest BCUT2D eigenvalue weighted by molar-refractivity contribution is 6.04. The van der Waals surface area contributed by atoms with E-state index >= 15 is 0 Å². The van der Waals surface area contributed by atoms with Crippen LogP contribution in [0.1, 0.15) is 19.8 Å². The quantitative estimate of drug-likeness (QED) is 0.937. The maximum absolute atomic E-state index is 12.9.